The van der Waals surface area contributed by atoms with Crippen LogP contribution >= 0.6 is 0 Å². The van der Waals surface area contributed by atoms with Crippen LogP contribution in [0.5, 0.6) is 0 Å². The molecule has 0 radical (unpaired) electrons. The summed E-state index contributed by atoms with van der Waals surface area (Å²) in [6, 6.07) is 5.08. The van der Waals surface area contributed by atoms with Crippen molar-refractivity contribution in [3.05, 3.63) is 23.4 Å². The van der Waals surface area contributed by atoms with Crippen molar-refractivity contribution in [2.75, 3.05) is 18.5 Å². The molecule has 1 aliphatic heterocycles. The van der Waals surface area contributed by atoms with Crippen molar-refractivity contribution < 1.29 is 0 Å². The first kappa shape index (κ1) is 12.4. The van der Waals surface area contributed by atoms with E-state index in [0.29, 0.717) is 6.04 Å². The van der Waals surface area contributed by atoms with E-state index in [0.717, 1.165) is 18.8 Å². The molecule has 0 saturated carbocycles. The Labute approximate surface area is 104 Å². The van der Waals surface area contributed by atoms with Crippen LogP contribution in [0.3, 0.4) is 0 Å². The molecule has 17 heavy (non-hydrogen) atoms. The standard InChI is InChI=1S/C14H23N3/c1-4-13-6-5-7-17(13)14-9-12(10-15-3)8-11(2)16-14/h8-9,13,15H,4-7,10H2,1-3H3. The Bertz CT molecular complexity index is 376. The van der Waals surface area contributed by atoms with E-state index >= 15 is 0 Å². The third kappa shape index (κ3) is 2.78. The second-order valence-corrected chi connectivity index (χ2v) is 4.90. The Balaban J connectivity index is 2.24. The average Bonchev–Trinajstić information content (AvgIpc) is 2.76. The lowest BCUT2D eigenvalue weighted by Gasteiger charge is -2.25. The maximum absolute atomic E-state index is 4.69. The Kier molecular flexibility index (Phi) is 4.00. The molecule has 0 amide bonds. The van der Waals surface area contributed by atoms with Gasteiger partial charge < -0.3 is 10.2 Å². The van der Waals surface area contributed by atoms with Crippen LogP contribution in [0.4, 0.5) is 5.82 Å². The zero-order chi connectivity index (χ0) is 12.3. The first-order valence-corrected chi connectivity index (χ1v) is 6.63. The summed E-state index contributed by atoms with van der Waals surface area (Å²) < 4.78 is 0. The van der Waals surface area contributed by atoms with E-state index in [1.165, 1.54) is 30.6 Å². The molecule has 2 heterocycles. The number of rotatable bonds is 4. The van der Waals surface area contributed by atoms with Crippen LogP contribution < -0.4 is 10.2 Å². The molecule has 1 aromatic heterocycles. The Hall–Kier alpha value is -1.09. The van der Waals surface area contributed by atoms with Crippen molar-refractivity contribution in [3.8, 4) is 0 Å². The molecule has 1 N–H and O–H groups in total. The molecule has 3 nitrogen and oxygen atoms in total. The van der Waals surface area contributed by atoms with Crippen LogP contribution in [0.1, 0.15) is 37.4 Å². The predicted octanol–water partition coefficient (Wildman–Crippen LogP) is 2.49. The zero-order valence-electron chi connectivity index (χ0n) is 11.2. The predicted molar refractivity (Wildman–Crippen MR) is 72.4 cm³/mol. The number of aromatic nitrogens is 1. The molecule has 2 rings (SSSR count). The molecular weight excluding hydrogens is 210 g/mol. The molecule has 0 bridgehead atoms. The molecule has 0 aliphatic carbocycles. The minimum atomic E-state index is 0.687. The van der Waals surface area contributed by atoms with Crippen LogP contribution in [-0.4, -0.2) is 24.6 Å². The summed E-state index contributed by atoms with van der Waals surface area (Å²) in [5, 5.41) is 3.21. The third-order valence-electron chi connectivity index (χ3n) is 3.52. The van der Waals surface area contributed by atoms with Gasteiger partial charge in [-0.15, -0.1) is 0 Å². The van der Waals surface area contributed by atoms with Gasteiger partial charge in [0.1, 0.15) is 5.82 Å². The van der Waals surface area contributed by atoms with Crippen molar-refractivity contribution in [1.29, 1.82) is 0 Å². The second kappa shape index (κ2) is 5.50. The Morgan fingerprint density at radius 2 is 2.29 bits per heavy atom. The number of nitrogens with one attached hydrogen (secondary N) is 1. The SMILES string of the molecule is CCC1CCCN1c1cc(CNC)cc(C)n1. The molecular formula is C14H23N3. The fourth-order valence-electron chi connectivity index (χ4n) is 2.74. The quantitative estimate of drug-likeness (QED) is 0.866. The van der Waals surface area contributed by atoms with Gasteiger partial charge >= 0.3 is 0 Å². The summed E-state index contributed by atoms with van der Waals surface area (Å²) in [5.74, 6) is 1.17. The van der Waals surface area contributed by atoms with Gasteiger partial charge in [-0.1, -0.05) is 6.92 Å². The number of anilines is 1. The first-order chi connectivity index (χ1) is 8.24. The molecule has 0 spiro atoms. The first-order valence-electron chi connectivity index (χ1n) is 6.63. The zero-order valence-corrected chi connectivity index (χ0v) is 11.2. The van der Waals surface area contributed by atoms with Gasteiger partial charge in [-0.2, -0.15) is 0 Å². The van der Waals surface area contributed by atoms with Crippen LogP contribution in [0.25, 0.3) is 0 Å². The van der Waals surface area contributed by atoms with Gasteiger partial charge in [0.15, 0.2) is 0 Å². The lowest BCUT2D eigenvalue weighted by molar-refractivity contribution is 0.639. The monoisotopic (exact) mass is 233 g/mol. The maximum atomic E-state index is 4.69. The lowest BCUT2D eigenvalue weighted by Crippen LogP contribution is -2.29. The third-order valence-corrected chi connectivity index (χ3v) is 3.52. The fourth-order valence-corrected chi connectivity index (χ4v) is 2.74. The highest BCUT2D eigenvalue weighted by Gasteiger charge is 2.24. The molecule has 0 aromatic carbocycles. The number of hydrogen-bond acceptors (Lipinski definition) is 3. The van der Waals surface area contributed by atoms with Gasteiger partial charge in [-0.25, -0.2) is 4.98 Å². The van der Waals surface area contributed by atoms with E-state index in [4.69, 9.17) is 4.98 Å². The summed E-state index contributed by atoms with van der Waals surface area (Å²) in [6.07, 6.45) is 3.83. The fraction of sp³-hybridized carbons (Fsp3) is 0.643. The van der Waals surface area contributed by atoms with E-state index in [-0.39, 0.29) is 0 Å². The second-order valence-electron chi connectivity index (χ2n) is 4.90. The van der Waals surface area contributed by atoms with E-state index in [1.54, 1.807) is 0 Å². The summed E-state index contributed by atoms with van der Waals surface area (Å²) in [4.78, 5) is 7.17. The highest BCUT2D eigenvalue weighted by molar-refractivity contribution is 5.44. The highest BCUT2D eigenvalue weighted by Crippen LogP contribution is 2.26. The Morgan fingerprint density at radius 1 is 1.47 bits per heavy atom. The lowest BCUT2D eigenvalue weighted by atomic mass is 10.1. The number of nitrogens with zero attached hydrogens (tertiary/aromatic N) is 2. The average molecular weight is 233 g/mol. The summed E-state index contributed by atoms with van der Waals surface area (Å²) in [7, 11) is 1.99. The minimum Gasteiger partial charge on any atom is -0.354 e. The molecule has 94 valence electrons. The Morgan fingerprint density at radius 3 is 3.00 bits per heavy atom. The minimum absolute atomic E-state index is 0.687. The molecule has 1 saturated heterocycles. The van der Waals surface area contributed by atoms with Gasteiger partial charge in [0.05, 0.1) is 0 Å². The molecule has 3 heteroatoms. The number of pyridine rings is 1. The van der Waals surface area contributed by atoms with E-state index < -0.39 is 0 Å². The normalized spacial score (nSPS) is 19.9. The molecule has 1 aliphatic rings. The van der Waals surface area contributed by atoms with Crippen molar-refractivity contribution in [2.45, 2.75) is 45.7 Å². The van der Waals surface area contributed by atoms with Crippen molar-refractivity contribution in [1.82, 2.24) is 10.3 Å². The van der Waals surface area contributed by atoms with Crippen molar-refractivity contribution in [3.63, 3.8) is 0 Å². The van der Waals surface area contributed by atoms with E-state index in [9.17, 15) is 0 Å². The molecule has 1 unspecified atom stereocenters. The van der Waals surface area contributed by atoms with E-state index in [2.05, 4.69) is 36.2 Å². The van der Waals surface area contributed by atoms with Gasteiger partial charge in [0, 0.05) is 24.8 Å². The maximum Gasteiger partial charge on any atom is 0.129 e. The summed E-state index contributed by atoms with van der Waals surface area (Å²) in [5.41, 5.74) is 2.45. The smallest absolute Gasteiger partial charge is 0.129 e. The number of aryl methyl sites for hydroxylation is 1. The van der Waals surface area contributed by atoms with Crippen LogP contribution in [-0.2, 0) is 6.54 Å². The van der Waals surface area contributed by atoms with Crippen LogP contribution in [0, 0.1) is 6.92 Å². The topological polar surface area (TPSA) is 28.2 Å². The van der Waals surface area contributed by atoms with E-state index in [1.807, 2.05) is 7.05 Å². The largest absolute Gasteiger partial charge is 0.354 e. The van der Waals surface area contributed by atoms with Gasteiger partial charge in [-0.05, 0) is 50.9 Å². The van der Waals surface area contributed by atoms with Gasteiger partial charge in [-0.3, -0.25) is 0 Å². The van der Waals surface area contributed by atoms with Crippen molar-refractivity contribution in [2.24, 2.45) is 0 Å². The molecule has 1 fully saturated rings. The van der Waals surface area contributed by atoms with Crippen LogP contribution in [0.2, 0.25) is 0 Å². The number of hydrogen-bond donors (Lipinski definition) is 1. The van der Waals surface area contributed by atoms with Gasteiger partial charge in [0.25, 0.3) is 0 Å². The molecule has 1 atom stereocenters. The van der Waals surface area contributed by atoms with Gasteiger partial charge in [0.2, 0.25) is 0 Å². The van der Waals surface area contributed by atoms with Crippen LogP contribution in [0.15, 0.2) is 12.1 Å². The summed E-state index contributed by atoms with van der Waals surface area (Å²) >= 11 is 0. The van der Waals surface area contributed by atoms with Crippen molar-refractivity contribution >= 4 is 5.82 Å². The highest BCUT2D eigenvalue weighted by atomic mass is 15.2. The molecule has 1 aromatic rings. The summed E-state index contributed by atoms with van der Waals surface area (Å²) in [6.45, 7) is 6.43.